The first-order valence-electron chi connectivity index (χ1n) is 9.17. The first-order chi connectivity index (χ1) is 14.7. The Hall–Kier alpha value is -3.24. The van der Waals surface area contributed by atoms with Crippen molar-refractivity contribution in [1.29, 1.82) is 0 Å². The van der Waals surface area contributed by atoms with E-state index in [1.54, 1.807) is 18.2 Å². The SMILES string of the molecule is C=CCN(Cc1ccc(Cl)s1)C(=O)CN1C(=O)N[C@](C)(c2ccc([N+](=O)[O-])cc2)C1=O. The molecular weight excluding hydrogens is 444 g/mol. The molecule has 0 saturated carbocycles. The second-order valence-corrected chi connectivity index (χ2v) is 8.82. The molecule has 3 rings (SSSR count). The lowest BCUT2D eigenvalue weighted by molar-refractivity contribution is -0.384. The Bertz CT molecular complexity index is 1050. The normalized spacial score (nSPS) is 18.1. The van der Waals surface area contributed by atoms with Crippen LogP contribution in [0, 0.1) is 10.1 Å². The van der Waals surface area contributed by atoms with Crippen LogP contribution in [0.3, 0.4) is 0 Å². The second-order valence-electron chi connectivity index (χ2n) is 7.02. The number of hydrogen-bond acceptors (Lipinski definition) is 6. The van der Waals surface area contributed by atoms with Gasteiger partial charge in [0.2, 0.25) is 5.91 Å². The lowest BCUT2D eigenvalue weighted by atomic mass is 9.92. The van der Waals surface area contributed by atoms with Gasteiger partial charge in [-0.05, 0) is 36.8 Å². The first-order valence-corrected chi connectivity index (χ1v) is 10.4. The van der Waals surface area contributed by atoms with Crippen LogP contribution in [-0.2, 0) is 21.7 Å². The Morgan fingerprint density at radius 1 is 1.32 bits per heavy atom. The number of hydrogen-bond donors (Lipinski definition) is 1. The molecule has 31 heavy (non-hydrogen) atoms. The van der Waals surface area contributed by atoms with Gasteiger partial charge in [0.05, 0.1) is 15.8 Å². The average Bonchev–Trinajstić information content (AvgIpc) is 3.23. The largest absolute Gasteiger partial charge is 0.332 e. The lowest BCUT2D eigenvalue weighted by Gasteiger charge is -2.24. The molecule has 1 aromatic carbocycles. The number of nitrogens with zero attached hydrogens (tertiary/aromatic N) is 3. The topological polar surface area (TPSA) is 113 Å². The summed E-state index contributed by atoms with van der Waals surface area (Å²) in [5.41, 5.74) is -1.19. The van der Waals surface area contributed by atoms with Gasteiger partial charge in [0.1, 0.15) is 12.1 Å². The Kier molecular flexibility index (Phi) is 6.42. The molecule has 0 unspecified atom stereocenters. The predicted octanol–water partition coefficient (Wildman–Crippen LogP) is 3.29. The van der Waals surface area contributed by atoms with Crippen LogP contribution in [0.15, 0.2) is 49.1 Å². The van der Waals surface area contributed by atoms with E-state index >= 15 is 0 Å². The highest BCUT2D eigenvalue weighted by Gasteiger charge is 2.49. The van der Waals surface area contributed by atoms with E-state index in [0.717, 1.165) is 9.78 Å². The number of amides is 4. The highest BCUT2D eigenvalue weighted by molar-refractivity contribution is 7.16. The zero-order chi connectivity index (χ0) is 22.8. The average molecular weight is 463 g/mol. The fraction of sp³-hybridized carbons (Fsp3) is 0.250. The van der Waals surface area contributed by atoms with Gasteiger partial charge in [-0.3, -0.25) is 24.6 Å². The number of imide groups is 1. The summed E-state index contributed by atoms with van der Waals surface area (Å²) in [5.74, 6) is -1.04. The summed E-state index contributed by atoms with van der Waals surface area (Å²) < 4.78 is 0.592. The molecule has 1 saturated heterocycles. The van der Waals surface area contributed by atoms with Gasteiger partial charge in [-0.1, -0.05) is 17.7 Å². The lowest BCUT2D eigenvalue weighted by Crippen LogP contribution is -2.44. The number of rotatable bonds is 8. The van der Waals surface area contributed by atoms with E-state index in [1.807, 2.05) is 0 Å². The summed E-state index contributed by atoms with van der Waals surface area (Å²) in [5, 5.41) is 13.4. The van der Waals surface area contributed by atoms with Crippen molar-refractivity contribution in [1.82, 2.24) is 15.1 Å². The number of carbonyl (C=O) groups is 3. The number of carbonyl (C=O) groups excluding carboxylic acids is 3. The number of halogens is 1. The van der Waals surface area contributed by atoms with Gasteiger partial charge in [0, 0.05) is 23.6 Å². The van der Waals surface area contributed by atoms with E-state index in [4.69, 9.17) is 11.6 Å². The van der Waals surface area contributed by atoms with Crippen molar-refractivity contribution in [2.75, 3.05) is 13.1 Å². The summed E-state index contributed by atoms with van der Waals surface area (Å²) in [6, 6.07) is 8.15. The molecule has 1 fully saturated rings. The molecule has 4 amide bonds. The van der Waals surface area contributed by atoms with Gasteiger partial charge >= 0.3 is 6.03 Å². The van der Waals surface area contributed by atoms with Crippen LogP contribution in [0.1, 0.15) is 17.4 Å². The van der Waals surface area contributed by atoms with Crippen molar-refractivity contribution in [2.45, 2.75) is 19.0 Å². The monoisotopic (exact) mass is 462 g/mol. The molecule has 0 spiro atoms. The molecule has 1 aliphatic rings. The van der Waals surface area contributed by atoms with E-state index < -0.39 is 34.9 Å². The molecule has 1 aliphatic heterocycles. The molecule has 0 aliphatic carbocycles. The first kappa shape index (κ1) is 22.4. The van der Waals surface area contributed by atoms with Gasteiger partial charge in [-0.2, -0.15) is 0 Å². The fourth-order valence-electron chi connectivity index (χ4n) is 3.22. The molecule has 162 valence electrons. The van der Waals surface area contributed by atoms with E-state index in [9.17, 15) is 24.5 Å². The van der Waals surface area contributed by atoms with Gasteiger partial charge in [0.15, 0.2) is 0 Å². The standard InChI is InChI=1S/C20H19ClN4O5S/c1-3-10-23(11-15-8-9-16(21)31-15)17(26)12-24-18(27)20(2,22-19(24)28)13-4-6-14(7-5-13)25(29)30/h3-9H,1,10-12H2,2H3,(H,22,28)/t20-/m1/s1. The molecule has 2 aromatic rings. The van der Waals surface area contributed by atoms with Crippen molar-refractivity contribution >= 4 is 46.5 Å². The van der Waals surface area contributed by atoms with Gasteiger partial charge < -0.3 is 10.2 Å². The van der Waals surface area contributed by atoms with Crippen molar-refractivity contribution in [3.8, 4) is 0 Å². The second kappa shape index (κ2) is 8.86. The van der Waals surface area contributed by atoms with E-state index in [-0.39, 0.29) is 18.8 Å². The van der Waals surface area contributed by atoms with Crippen LogP contribution in [0.4, 0.5) is 10.5 Å². The number of benzene rings is 1. The summed E-state index contributed by atoms with van der Waals surface area (Å²) in [7, 11) is 0. The maximum absolute atomic E-state index is 13.0. The zero-order valence-electron chi connectivity index (χ0n) is 16.5. The van der Waals surface area contributed by atoms with Gasteiger partial charge in [-0.25, -0.2) is 4.79 Å². The van der Waals surface area contributed by atoms with Gasteiger partial charge in [-0.15, -0.1) is 17.9 Å². The zero-order valence-corrected chi connectivity index (χ0v) is 18.1. The Morgan fingerprint density at radius 3 is 2.55 bits per heavy atom. The third-order valence-corrected chi connectivity index (χ3v) is 6.12. The quantitative estimate of drug-likeness (QED) is 0.280. The smallest absolute Gasteiger partial charge is 0.325 e. The number of urea groups is 1. The molecule has 2 heterocycles. The molecule has 1 aromatic heterocycles. The summed E-state index contributed by atoms with van der Waals surface area (Å²) in [6.45, 7) is 5.20. The van der Waals surface area contributed by atoms with Crippen LogP contribution >= 0.6 is 22.9 Å². The van der Waals surface area contributed by atoms with E-state index in [2.05, 4.69) is 11.9 Å². The maximum Gasteiger partial charge on any atom is 0.325 e. The highest BCUT2D eigenvalue weighted by Crippen LogP contribution is 2.30. The molecule has 0 bridgehead atoms. The van der Waals surface area contributed by atoms with Crippen molar-refractivity contribution in [3.05, 3.63) is 73.9 Å². The van der Waals surface area contributed by atoms with Crippen LogP contribution in [-0.4, -0.2) is 45.7 Å². The van der Waals surface area contributed by atoms with Crippen molar-refractivity contribution < 1.29 is 19.3 Å². The van der Waals surface area contributed by atoms with Gasteiger partial charge in [0.25, 0.3) is 11.6 Å². The summed E-state index contributed by atoms with van der Waals surface area (Å²) in [6.07, 6.45) is 1.56. The van der Waals surface area contributed by atoms with E-state index in [0.29, 0.717) is 9.90 Å². The fourth-order valence-corrected chi connectivity index (χ4v) is 4.33. The molecular formula is C20H19ClN4O5S. The minimum atomic E-state index is -1.43. The third kappa shape index (κ3) is 4.59. The van der Waals surface area contributed by atoms with Crippen LogP contribution < -0.4 is 5.32 Å². The van der Waals surface area contributed by atoms with Crippen molar-refractivity contribution in [2.24, 2.45) is 0 Å². The minimum Gasteiger partial charge on any atom is -0.332 e. The van der Waals surface area contributed by atoms with Crippen molar-refractivity contribution in [3.63, 3.8) is 0 Å². The van der Waals surface area contributed by atoms with Crippen LogP contribution in [0.5, 0.6) is 0 Å². The number of non-ortho nitro benzene ring substituents is 1. The molecule has 11 heteroatoms. The maximum atomic E-state index is 13.0. The molecule has 1 N–H and O–H groups in total. The number of thiophene rings is 1. The number of nitrogens with one attached hydrogen (secondary N) is 1. The predicted molar refractivity (Wildman–Crippen MR) is 116 cm³/mol. The van der Waals surface area contributed by atoms with Crippen LogP contribution in [0.25, 0.3) is 0 Å². The van der Waals surface area contributed by atoms with E-state index in [1.165, 1.54) is 47.4 Å². The summed E-state index contributed by atoms with van der Waals surface area (Å²) in [4.78, 5) is 51.9. The molecule has 0 radical (unpaired) electrons. The molecule has 9 nitrogen and oxygen atoms in total. The molecule has 1 atom stereocenters. The Balaban J connectivity index is 1.76. The highest BCUT2D eigenvalue weighted by atomic mass is 35.5. The number of nitro benzene ring substituents is 1. The Labute approximate surface area is 187 Å². The van der Waals surface area contributed by atoms with Crippen LogP contribution in [0.2, 0.25) is 4.34 Å². The third-order valence-electron chi connectivity index (χ3n) is 4.90. The number of nitro groups is 1. The minimum absolute atomic E-state index is 0.134. The summed E-state index contributed by atoms with van der Waals surface area (Å²) >= 11 is 7.28. The Morgan fingerprint density at radius 2 is 2.00 bits per heavy atom.